The molecule has 0 bridgehead atoms. The molecule has 1 aliphatic rings. The van der Waals surface area contributed by atoms with Crippen molar-refractivity contribution in [1.29, 1.82) is 0 Å². The van der Waals surface area contributed by atoms with Gasteiger partial charge in [0.05, 0.1) is 6.42 Å². The average molecular weight is 538 g/mol. The molecule has 2 aromatic rings. The highest BCUT2D eigenvalue weighted by Gasteiger charge is 2.35. The molecule has 0 aliphatic carbocycles. The van der Waals surface area contributed by atoms with Crippen LogP contribution < -0.4 is 16.0 Å². The first kappa shape index (κ1) is 30.1. The molecule has 1 aliphatic heterocycles. The summed E-state index contributed by atoms with van der Waals surface area (Å²) in [5.74, 6) is -2.11. The van der Waals surface area contributed by atoms with Crippen molar-refractivity contribution in [3.05, 3.63) is 48.0 Å². The Bertz CT molecular complexity index is 1170. The third kappa shape index (κ3) is 8.28. The van der Waals surface area contributed by atoms with Crippen LogP contribution in [0.1, 0.15) is 72.3 Å². The Labute approximate surface area is 231 Å². The molecular formula is C31H43N3O5. The Morgan fingerprint density at radius 3 is 2.31 bits per heavy atom. The molecule has 3 amide bonds. The van der Waals surface area contributed by atoms with Crippen LogP contribution in [0.5, 0.6) is 0 Å². The molecule has 3 rings (SSSR count). The molecule has 1 fully saturated rings. The standard InChI is InChI=1S/C31H43N3O5/c1-6-8-11-20(4)26-18-27(35)33-25(17-22-14-15-23-12-9-10-13-24(23)16-22)30(37)32-21(5)29(36)34-28(19(3)7-2)31(38)39-26/h9-10,12-16,19-21,25-26,28H,6-8,11,17-18H2,1-5H3,(H,32,37)(H,33,35)(H,34,36)/t19-,20-,21-,25+,26-,28+/m0/s1. The Hall–Kier alpha value is -3.42. The van der Waals surface area contributed by atoms with Gasteiger partial charge >= 0.3 is 5.97 Å². The van der Waals surface area contributed by atoms with Gasteiger partial charge in [-0.05, 0) is 41.5 Å². The van der Waals surface area contributed by atoms with Gasteiger partial charge in [0.1, 0.15) is 24.2 Å². The Kier molecular flexibility index (Phi) is 10.9. The molecule has 0 saturated carbocycles. The van der Waals surface area contributed by atoms with E-state index in [9.17, 15) is 19.2 Å². The van der Waals surface area contributed by atoms with Crippen molar-refractivity contribution in [2.24, 2.45) is 11.8 Å². The van der Waals surface area contributed by atoms with Gasteiger partial charge in [0.2, 0.25) is 17.7 Å². The molecule has 3 N–H and O–H groups in total. The van der Waals surface area contributed by atoms with Gasteiger partial charge in [0.15, 0.2) is 0 Å². The van der Waals surface area contributed by atoms with Crippen LogP contribution in [0.3, 0.4) is 0 Å². The van der Waals surface area contributed by atoms with E-state index >= 15 is 0 Å². The molecule has 1 heterocycles. The third-order valence-electron chi connectivity index (χ3n) is 7.72. The summed E-state index contributed by atoms with van der Waals surface area (Å²) >= 11 is 0. The third-order valence-corrected chi connectivity index (χ3v) is 7.72. The van der Waals surface area contributed by atoms with Gasteiger partial charge in [-0.2, -0.15) is 0 Å². The number of carbonyl (C=O) groups excluding carboxylic acids is 4. The second-order valence-corrected chi connectivity index (χ2v) is 10.9. The van der Waals surface area contributed by atoms with Crippen LogP contribution in [0, 0.1) is 11.8 Å². The van der Waals surface area contributed by atoms with E-state index in [0.29, 0.717) is 6.42 Å². The minimum Gasteiger partial charge on any atom is -0.460 e. The predicted octanol–water partition coefficient (Wildman–Crippen LogP) is 4.04. The fourth-order valence-corrected chi connectivity index (χ4v) is 4.87. The van der Waals surface area contributed by atoms with Gasteiger partial charge < -0.3 is 20.7 Å². The number of amides is 3. The molecular weight excluding hydrogens is 494 g/mol. The zero-order valence-corrected chi connectivity index (χ0v) is 23.8. The zero-order chi connectivity index (χ0) is 28.5. The number of benzene rings is 2. The lowest BCUT2D eigenvalue weighted by Crippen LogP contribution is -2.55. The maximum atomic E-state index is 13.4. The molecule has 8 heteroatoms. The normalized spacial score (nSPS) is 24.7. The topological polar surface area (TPSA) is 114 Å². The van der Waals surface area contributed by atoms with Crippen molar-refractivity contribution in [3.63, 3.8) is 0 Å². The van der Waals surface area contributed by atoms with Crippen LogP contribution in [-0.2, 0) is 30.3 Å². The van der Waals surface area contributed by atoms with Gasteiger partial charge in [0.25, 0.3) is 0 Å². The predicted molar refractivity (Wildman–Crippen MR) is 152 cm³/mol. The lowest BCUT2D eigenvalue weighted by molar-refractivity contribution is -0.158. The second kappa shape index (κ2) is 14.1. The first-order chi connectivity index (χ1) is 18.6. The van der Waals surface area contributed by atoms with Gasteiger partial charge in [-0.1, -0.05) is 89.4 Å². The molecule has 0 spiro atoms. The van der Waals surface area contributed by atoms with Crippen molar-refractivity contribution < 1.29 is 23.9 Å². The number of carbonyl (C=O) groups is 4. The Balaban J connectivity index is 1.92. The number of fused-ring (bicyclic) bond motifs is 1. The summed E-state index contributed by atoms with van der Waals surface area (Å²) in [5.41, 5.74) is 0.881. The van der Waals surface area contributed by atoms with Crippen LogP contribution in [0.4, 0.5) is 0 Å². The van der Waals surface area contributed by atoms with Crippen LogP contribution in [0.25, 0.3) is 10.8 Å². The largest absolute Gasteiger partial charge is 0.460 e. The maximum Gasteiger partial charge on any atom is 0.329 e. The van der Waals surface area contributed by atoms with Gasteiger partial charge in [-0.25, -0.2) is 4.79 Å². The quantitative estimate of drug-likeness (QED) is 0.440. The van der Waals surface area contributed by atoms with Crippen molar-refractivity contribution in [2.75, 3.05) is 0 Å². The van der Waals surface area contributed by atoms with Crippen molar-refractivity contribution in [1.82, 2.24) is 16.0 Å². The van der Waals surface area contributed by atoms with E-state index in [1.54, 1.807) is 6.92 Å². The highest BCUT2D eigenvalue weighted by Crippen LogP contribution is 2.22. The number of hydrogen-bond acceptors (Lipinski definition) is 5. The van der Waals surface area contributed by atoms with E-state index in [0.717, 1.165) is 35.6 Å². The Morgan fingerprint density at radius 1 is 0.897 bits per heavy atom. The van der Waals surface area contributed by atoms with Crippen LogP contribution in [0.2, 0.25) is 0 Å². The average Bonchev–Trinajstić information content (AvgIpc) is 2.92. The van der Waals surface area contributed by atoms with Gasteiger partial charge in [0, 0.05) is 6.42 Å². The van der Waals surface area contributed by atoms with E-state index in [1.165, 1.54) is 0 Å². The lowest BCUT2D eigenvalue weighted by atomic mass is 9.94. The number of esters is 1. The highest BCUT2D eigenvalue weighted by molar-refractivity contribution is 5.94. The molecule has 2 aromatic carbocycles. The van der Waals surface area contributed by atoms with Crippen LogP contribution in [0.15, 0.2) is 42.5 Å². The summed E-state index contributed by atoms with van der Waals surface area (Å²) < 4.78 is 5.92. The number of unbranched alkanes of at least 4 members (excludes halogenated alkanes) is 1. The van der Waals surface area contributed by atoms with Crippen molar-refractivity contribution in [2.45, 2.75) is 97.4 Å². The molecule has 212 valence electrons. The highest BCUT2D eigenvalue weighted by atomic mass is 16.5. The first-order valence-electron chi connectivity index (χ1n) is 14.2. The number of rotatable bonds is 8. The fraction of sp³-hybridized carbons (Fsp3) is 0.548. The number of cyclic esters (lactones) is 1. The van der Waals surface area contributed by atoms with Crippen molar-refractivity contribution >= 4 is 34.5 Å². The fourth-order valence-electron chi connectivity index (χ4n) is 4.87. The molecule has 6 atom stereocenters. The van der Waals surface area contributed by atoms with E-state index in [1.807, 2.05) is 63.2 Å². The summed E-state index contributed by atoms with van der Waals surface area (Å²) in [7, 11) is 0. The van der Waals surface area contributed by atoms with Gasteiger partial charge in [-0.15, -0.1) is 0 Å². The maximum absolute atomic E-state index is 13.4. The second-order valence-electron chi connectivity index (χ2n) is 10.9. The number of hydrogen-bond donors (Lipinski definition) is 3. The van der Waals surface area contributed by atoms with Crippen molar-refractivity contribution in [3.8, 4) is 0 Å². The smallest absolute Gasteiger partial charge is 0.329 e. The summed E-state index contributed by atoms with van der Waals surface area (Å²) in [6, 6.07) is 11.2. The van der Waals surface area contributed by atoms with E-state index in [-0.39, 0.29) is 30.6 Å². The first-order valence-corrected chi connectivity index (χ1v) is 14.2. The van der Waals surface area contributed by atoms with E-state index < -0.39 is 42.0 Å². The molecule has 0 radical (unpaired) electrons. The van der Waals surface area contributed by atoms with E-state index in [4.69, 9.17) is 4.74 Å². The molecule has 8 nitrogen and oxygen atoms in total. The molecule has 1 saturated heterocycles. The van der Waals surface area contributed by atoms with Crippen LogP contribution in [-0.4, -0.2) is 47.9 Å². The van der Waals surface area contributed by atoms with Gasteiger partial charge in [-0.3, -0.25) is 14.4 Å². The molecule has 0 aromatic heterocycles. The Morgan fingerprint density at radius 2 is 1.62 bits per heavy atom. The SMILES string of the molecule is CCCC[C@H](C)[C@@H]1CC(=O)N[C@H](Cc2ccc3ccccc3c2)C(=O)N[C@@H](C)C(=O)N[C@H]([C@@H](C)CC)C(=O)O1. The summed E-state index contributed by atoms with van der Waals surface area (Å²) in [6.07, 6.45) is 2.87. The summed E-state index contributed by atoms with van der Waals surface area (Å²) in [5, 5.41) is 10.5. The van der Waals surface area contributed by atoms with Crippen LogP contribution >= 0.6 is 0 Å². The zero-order valence-electron chi connectivity index (χ0n) is 23.8. The number of ether oxygens (including phenoxy) is 1. The monoisotopic (exact) mass is 537 g/mol. The minimum absolute atomic E-state index is 0.0607. The molecule has 39 heavy (non-hydrogen) atoms. The number of nitrogens with one attached hydrogen (secondary N) is 3. The minimum atomic E-state index is -0.909. The van der Waals surface area contributed by atoms with E-state index in [2.05, 4.69) is 22.9 Å². The lowest BCUT2D eigenvalue weighted by Gasteiger charge is -2.29. The summed E-state index contributed by atoms with van der Waals surface area (Å²) in [4.78, 5) is 53.0. The molecule has 0 unspecified atom stereocenters. The summed E-state index contributed by atoms with van der Waals surface area (Å²) in [6.45, 7) is 9.42.